The SMILES string of the molecule is COC(=O)NS(=O)(=O)c1cccc(C)c1. The van der Waals surface area contributed by atoms with Crippen LogP contribution in [0.1, 0.15) is 5.56 Å². The van der Waals surface area contributed by atoms with Crippen molar-refractivity contribution < 1.29 is 17.9 Å². The third kappa shape index (κ3) is 2.95. The summed E-state index contributed by atoms with van der Waals surface area (Å²) in [7, 11) is -2.72. The molecule has 0 unspecified atom stereocenters. The molecule has 0 saturated heterocycles. The molecule has 5 nitrogen and oxygen atoms in total. The molecular weight excluding hydrogens is 218 g/mol. The van der Waals surface area contributed by atoms with Gasteiger partial charge < -0.3 is 4.74 Å². The topological polar surface area (TPSA) is 72.5 Å². The minimum atomic E-state index is -3.82. The minimum absolute atomic E-state index is 0.0351. The number of hydrogen-bond donors (Lipinski definition) is 1. The highest BCUT2D eigenvalue weighted by Gasteiger charge is 2.17. The number of nitrogens with one attached hydrogen (secondary N) is 1. The third-order valence-corrected chi connectivity index (χ3v) is 3.01. The fourth-order valence-corrected chi connectivity index (χ4v) is 2.01. The second-order valence-corrected chi connectivity index (χ2v) is 4.60. The van der Waals surface area contributed by atoms with E-state index in [0.717, 1.165) is 12.7 Å². The van der Waals surface area contributed by atoms with Crippen LogP contribution in [0.25, 0.3) is 0 Å². The van der Waals surface area contributed by atoms with Gasteiger partial charge in [0.2, 0.25) is 0 Å². The van der Waals surface area contributed by atoms with Crippen molar-refractivity contribution in [2.75, 3.05) is 7.11 Å². The van der Waals surface area contributed by atoms with E-state index in [9.17, 15) is 13.2 Å². The van der Waals surface area contributed by atoms with Gasteiger partial charge >= 0.3 is 6.09 Å². The molecule has 0 aromatic heterocycles. The molecule has 1 N–H and O–H groups in total. The summed E-state index contributed by atoms with van der Waals surface area (Å²) in [6.45, 7) is 1.76. The Balaban J connectivity index is 3.01. The number of hydrogen-bond acceptors (Lipinski definition) is 4. The molecule has 0 fully saturated rings. The lowest BCUT2D eigenvalue weighted by Crippen LogP contribution is -2.30. The molecule has 0 atom stereocenters. The van der Waals surface area contributed by atoms with Crippen LogP contribution in [-0.4, -0.2) is 21.6 Å². The van der Waals surface area contributed by atoms with Crippen molar-refractivity contribution in [2.45, 2.75) is 11.8 Å². The van der Waals surface area contributed by atoms with Crippen LogP contribution in [0.2, 0.25) is 0 Å². The summed E-state index contributed by atoms with van der Waals surface area (Å²) in [4.78, 5) is 10.8. The number of amides is 1. The van der Waals surface area contributed by atoms with E-state index in [0.29, 0.717) is 0 Å². The van der Waals surface area contributed by atoms with Crippen molar-refractivity contribution in [3.63, 3.8) is 0 Å². The van der Waals surface area contributed by atoms with Crippen molar-refractivity contribution >= 4 is 16.1 Å². The number of ether oxygens (including phenoxy) is 1. The molecule has 0 bridgehead atoms. The molecule has 0 radical (unpaired) electrons. The summed E-state index contributed by atoms with van der Waals surface area (Å²) in [5, 5.41) is 0. The molecule has 0 aliphatic rings. The number of methoxy groups -OCH3 is 1. The predicted molar refractivity (Wildman–Crippen MR) is 53.9 cm³/mol. The molecule has 0 aliphatic carbocycles. The predicted octanol–water partition coefficient (Wildman–Crippen LogP) is 1.04. The highest BCUT2D eigenvalue weighted by Crippen LogP contribution is 2.10. The van der Waals surface area contributed by atoms with Gasteiger partial charge in [-0.1, -0.05) is 12.1 Å². The van der Waals surface area contributed by atoms with Gasteiger partial charge in [-0.05, 0) is 24.6 Å². The van der Waals surface area contributed by atoms with E-state index in [2.05, 4.69) is 4.74 Å². The Morgan fingerprint density at radius 2 is 2.07 bits per heavy atom. The highest BCUT2D eigenvalue weighted by molar-refractivity contribution is 7.90. The smallest absolute Gasteiger partial charge is 0.420 e. The number of sulfonamides is 1. The third-order valence-electron chi connectivity index (χ3n) is 1.70. The zero-order chi connectivity index (χ0) is 11.5. The van der Waals surface area contributed by atoms with Crippen LogP contribution in [0.5, 0.6) is 0 Å². The standard InChI is InChI=1S/C9H11NO4S/c1-7-4-3-5-8(6-7)15(12,13)10-9(11)14-2/h3-6H,1-2H3,(H,10,11). The number of aryl methyl sites for hydroxylation is 1. The van der Waals surface area contributed by atoms with Gasteiger partial charge in [-0.2, -0.15) is 0 Å². The molecule has 0 saturated carbocycles. The maximum atomic E-state index is 11.5. The second kappa shape index (κ2) is 4.31. The Hall–Kier alpha value is -1.56. The van der Waals surface area contributed by atoms with Gasteiger partial charge in [0.05, 0.1) is 12.0 Å². The normalized spacial score (nSPS) is 10.8. The summed E-state index contributed by atoms with van der Waals surface area (Å²) in [5.74, 6) is 0. The van der Waals surface area contributed by atoms with Crippen molar-refractivity contribution in [2.24, 2.45) is 0 Å². The van der Waals surface area contributed by atoms with Gasteiger partial charge in [0.1, 0.15) is 0 Å². The van der Waals surface area contributed by atoms with Crippen LogP contribution in [-0.2, 0) is 14.8 Å². The highest BCUT2D eigenvalue weighted by atomic mass is 32.2. The van der Waals surface area contributed by atoms with Crippen LogP contribution < -0.4 is 4.72 Å². The van der Waals surface area contributed by atoms with Crippen molar-refractivity contribution in [1.29, 1.82) is 0 Å². The Morgan fingerprint density at radius 3 is 2.60 bits per heavy atom. The van der Waals surface area contributed by atoms with Gasteiger partial charge in [0, 0.05) is 0 Å². The van der Waals surface area contributed by atoms with Gasteiger partial charge in [0.15, 0.2) is 0 Å². The van der Waals surface area contributed by atoms with Crippen molar-refractivity contribution in [3.8, 4) is 0 Å². The van der Waals surface area contributed by atoms with E-state index in [1.807, 2.05) is 0 Å². The molecule has 6 heteroatoms. The first-order valence-corrected chi connectivity index (χ1v) is 5.61. The minimum Gasteiger partial charge on any atom is -0.452 e. The molecule has 1 amide bonds. The van der Waals surface area contributed by atoms with Crippen LogP contribution in [0.15, 0.2) is 29.2 Å². The van der Waals surface area contributed by atoms with E-state index in [-0.39, 0.29) is 4.90 Å². The van der Waals surface area contributed by atoms with E-state index >= 15 is 0 Å². The molecule has 82 valence electrons. The van der Waals surface area contributed by atoms with Crippen LogP contribution >= 0.6 is 0 Å². The Morgan fingerprint density at radius 1 is 1.40 bits per heavy atom. The maximum Gasteiger partial charge on any atom is 0.420 e. The van der Waals surface area contributed by atoms with Crippen LogP contribution in [0, 0.1) is 6.92 Å². The first kappa shape index (κ1) is 11.5. The lowest BCUT2D eigenvalue weighted by atomic mass is 10.2. The quantitative estimate of drug-likeness (QED) is 0.822. The van der Waals surface area contributed by atoms with Crippen molar-refractivity contribution in [3.05, 3.63) is 29.8 Å². The molecule has 15 heavy (non-hydrogen) atoms. The van der Waals surface area contributed by atoms with Gasteiger partial charge in [-0.3, -0.25) is 0 Å². The van der Waals surface area contributed by atoms with Crippen LogP contribution in [0.4, 0.5) is 4.79 Å². The molecule has 0 spiro atoms. The molecule has 1 aromatic carbocycles. The summed E-state index contributed by atoms with van der Waals surface area (Å²) >= 11 is 0. The lowest BCUT2D eigenvalue weighted by molar-refractivity contribution is 0.177. The second-order valence-electron chi connectivity index (χ2n) is 2.91. The Bertz CT molecular complexity index is 467. The average Bonchev–Trinajstić information content (AvgIpc) is 2.17. The van der Waals surface area contributed by atoms with E-state index in [1.54, 1.807) is 23.8 Å². The summed E-state index contributed by atoms with van der Waals surface area (Å²) in [6.07, 6.45) is -1.00. The van der Waals surface area contributed by atoms with Gasteiger partial charge in [-0.15, -0.1) is 0 Å². The molecule has 0 aliphatic heterocycles. The number of carbonyl (C=O) groups is 1. The van der Waals surface area contributed by atoms with E-state index in [1.165, 1.54) is 12.1 Å². The number of rotatable bonds is 2. The Labute approximate surface area is 88.1 Å². The lowest BCUT2D eigenvalue weighted by Gasteiger charge is -2.05. The first-order valence-electron chi connectivity index (χ1n) is 4.13. The monoisotopic (exact) mass is 229 g/mol. The molecule has 0 heterocycles. The van der Waals surface area contributed by atoms with Crippen molar-refractivity contribution in [1.82, 2.24) is 4.72 Å². The number of benzene rings is 1. The maximum absolute atomic E-state index is 11.5. The molecule has 1 rings (SSSR count). The largest absolute Gasteiger partial charge is 0.452 e. The number of carbonyl (C=O) groups excluding carboxylic acids is 1. The van der Waals surface area contributed by atoms with E-state index in [4.69, 9.17) is 0 Å². The summed E-state index contributed by atoms with van der Waals surface area (Å²) in [6, 6.07) is 6.22. The van der Waals surface area contributed by atoms with Crippen LogP contribution in [0.3, 0.4) is 0 Å². The van der Waals surface area contributed by atoms with E-state index < -0.39 is 16.1 Å². The van der Waals surface area contributed by atoms with Gasteiger partial charge in [-0.25, -0.2) is 17.9 Å². The summed E-state index contributed by atoms with van der Waals surface area (Å²) in [5.41, 5.74) is 0.794. The first-order chi connectivity index (χ1) is 6.95. The zero-order valence-electron chi connectivity index (χ0n) is 8.35. The molecule has 1 aromatic rings. The Kier molecular flexibility index (Phi) is 3.31. The fraction of sp³-hybridized carbons (Fsp3) is 0.222. The fourth-order valence-electron chi connectivity index (χ4n) is 0.993. The van der Waals surface area contributed by atoms with Gasteiger partial charge in [0.25, 0.3) is 10.0 Å². The average molecular weight is 229 g/mol. The zero-order valence-corrected chi connectivity index (χ0v) is 9.17. The summed E-state index contributed by atoms with van der Waals surface area (Å²) < 4.78 is 29.1. The molecular formula is C9H11NO4S.